The van der Waals surface area contributed by atoms with Crippen LogP contribution >= 0.6 is 23.2 Å². The molecule has 9 heteroatoms. The zero-order valence-electron chi connectivity index (χ0n) is 14.4. The van der Waals surface area contributed by atoms with Crippen LogP contribution in [0.3, 0.4) is 0 Å². The summed E-state index contributed by atoms with van der Waals surface area (Å²) in [6.45, 7) is 0.884. The number of carbonyl (C=O) groups excluding carboxylic acids is 1. The maximum absolute atomic E-state index is 14.3. The summed E-state index contributed by atoms with van der Waals surface area (Å²) in [6.07, 6.45) is -0.440. The maximum Gasteiger partial charge on any atom is 0.410 e. The van der Waals surface area contributed by atoms with Gasteiger partial charge in [0.25, 0.3) is 5.56 Å². The van der Waals surface area contributed by atoms with Gasteiger partial charge in [-0.1, -0.05) is 53.5 Å². The number of carbonyl (C=O) groups is 1. The summed E-state index contributed by atoms with van der Waals surface area (Å²) in [4.78, 5) is 32.3. The Morgan fingerprint density at radius 3 is 2.68 bits per heavy atom. The topological polar surface area (TPSA) is 75.3 Å². The molecule has 1 aromatic carbocycles. The Hall–Kier alpha value is -2.64. The zero-order valence-corrected chi connectivity index (χ0v) is 15.9. The number of nitrogens with zero attached hydrogens (tertiary/aromatic N) is 2. The minimum atomic E-state index is -0.799. The van der Waals surface area contributed by atoms with Crippen LogP contribution in [0.5, 0.6) is 0 Å². The Balaban J connectivity index is 1.47. The Labute approximate surface area is 168 Å². The van der Waals surface area contributed by atoms with E-state index in [-0.39, 0.29) is 28.5 Å². The van der Waals surface area contributed by atoms with Gasteiger partial charge in [-0.3, -0.25) is 4.79 Å². The first-order valence-corrected chi connectivity index (χ1v) is 9.22. The van der Waals surface area contributed by atoms with Crippen molar-refractivity contribution in [3.63, 3.8) is 0 Å². The van der Waals surface area contributed by atoms with E-state index in [2.05, 4.69) is 9.97 Å². The van der Waals surface area contributed by atoms with E-state index in [0.717, 1.165) is 5.56 Å². The number of hydrogen-bond donors (Lipinski definition) is 1. The number of fused-ring (bicyclic) bond motifs is 1. The first kappa shape index (κ1) is 18.7. The van der Waals surface area contributed by atoms with Crippen molar-refractivity contribution in [1.29, 1.82) is 0 Å². The molecule has 0 atom stereocenters. The van der Waals surface area contributed by atoms with Gasteiger partial charge in [0, 0.05) is 30.1 Å². The van der Waals surface area contributed by atoms with Gasteiger partial charge in [0.1, 0.15) is 11.8 Å². The lowest BCUT2D eigenvalue weighted by atomic mass is 9.95. The summed E-state index contributed by atoms with van der Waals surface area (Å²) in [5.41, 5.74) is 0.845. The minimum absolute atomic E-state index is 0.00820. The van der Waals surface area contributed by atoms with Crippen LogP contribution in [-0.4, -0.2) is 34.1 Å². The second kappa shape index (κ2) is 7.41. The number of halogens is 3. The number of hydrogen-bond acceptors (Lipinski definition) is 4. The largest absolute Gasteiger partial charge is 0.445 e. The van der Waals surface area contributed by atoms with E-state index in [1.54, 1.807) is 0 Å². The second-order valence-electron chi connectivity index (χ2n) is 6.49. The molecule has 3 heterocycles. The second-order valence-corrected chi connectivity index (χ2v) is 7.21. The molecule has 2 aromatic heterocycles. The lowest BCUT2D eigenvalue weighted by Gasteiger charge is -2.38. The molecule has 0 bridgehead atoms. The van der Waals surface area contributed by atoms with Gasteiger partial charge in [-0.25, -0.2) is 14.2 Å². The molecule has 1 amide bonds. The Morgan fingerprint density at radius 2 is 1.96 bits per heavy atom. The number of aromatic nitrogens is 2. The fourth-order valence-corrected chi connectivity index (χ4v) is 3.62. The number of likely N-dealkylation sites (tertiary alicyclic amines) is 1. The van der Waals surface area contributed by atoms with Crippen molar-refractivity contribution in [2.45, 2.75) is 12.5 Å². The number of rotatable bonds is 3. The Morgan fingerprint density at radius 1 is 1.25 bits per heavy atom. The van der Waals surface area contributed by atoms with E-state index >= 15 is 0 Å². The molecule has 1 saturated heterocycles. The molecular weight excluding hydrogens is 408 g/mol. The van der Waals surface area contributed by atoms with Crippen LogP contribution in [0.2, 0.25) is 10.3 Å². The molecule has 1 N–H and O–H groups in total. The first-order valence-electron chi connectivity index (χ1n) is 8.47. The maximum atomic E-state index is 14.3. The highest BCUT2D eigenvalue weighted by molar-refractivity contribution is 6.36. The number of benzene rings is 1. The predicted molar refractivity (Wildman–Crippen MR) is 103 cm³/mol. The van der Waals surface area contributed by atoms with Crippen molar-refractivity contribution < 1.29 is 13.9 Å². The first-order chi connectivity index (χ1) is 13.4. The average molecular weight is 422 g/mol. The highest BCUT2D eigenvalue weighted by Gasteiger charge is 2.34. The molecule has 1 aliphatic heterocycles. The van der Waals surface area contributed by atoms with Crippen LogP contribution in [0.4, 0.5) is 9.18 Å². The molecule has 28 heavy (non-hydrogen) atoms. The standard InChI is InChI=1S/C19H14Cl2FN3O3/c20-16-14-12(15(22)17(21)24-16)6-13(23-18(14)26)11-7-25(8-11)19(27)28-9-10-4-2-1-3-5-10/h1-6,11H,7-9H2,(H,23,26). The molecular formula is C19H14Cl2FN3O3. The molecule has 144 valence electrons. The fourth-order valence-electron chi connectivity index (χ4n) is 3.11. The van der Waals surface area contributed by atoms with Gasteiger partial charge in [-0.2, -0.15) is 0 Å². The van der Waals surface area contributed by atoms with Gasteiger partial charge in [-0.05, 0) is 11.6 Å². The van der Waals surface area contributed by atoms with Gasteiger partial charge in [-0.15, -0.1) is 0 Å². The van der Waals surface area contributed by atoms with E-state index < -0.39 is 22.6 Å². The van der Waals surface area contributed by atoms with Crippen LogP contribution in [0.15, 0.2) is 41.2 Å². The van der Waals surface area contributed by atoms with Gasteiger partial charge < -0.3 is 14.6 Å². The van der Waals surface area contributed by atoms with Crippen molar-refractivity contribution in [2.75, 3.05) is 13.1 Å². The van der Waals surface area contributed by atoms with Crippen LogP contribution in [-0.2, 0) is 11.3 Å². The van der Waals surface area contributed by atoms with E-state index in [9.17, 15) is 14.0 Å². The van der Waals surface area contributed by atoms with Crippen LogP contribution in [0.25, 0.3) is 10.8 Å². The Kier molecular flexibility index (Phi) is 4.95. The van der Waals surface area contributed by atoms with Crippen LogP contribution in [0, 0.1) is 5.82 Å². The molecule has 1 aliphatic rings. The number of H-pyrrole nitrogens is 1. The van der Waals surface area contributed by atoms with Crippen molar-refractivity contribution in [3.8, 4) is 0 Å². The molecule has 0 radical (unpaired) electrons. The van der Waals surface area contributed by atoms with Crippen molar-refractivity contribution >= 4 is 40.1 Å². The van der Waals surface area contributed by atoms with Crippen LogP contribution < -0.4 is 5.56 Å². The van der Waals surface area contributed by atoms with Crippen molar-refractivity contribution in [1.82, 2.24) is 14.9 Å². The van der Waals surface area contributed by atoms with E-state index in [0.29, 0.717) is 18.8 Å². The normalized spacial score (nSPS) is 14.2. The van der Waals surface area contributed by atoms with E-state index in [1.165, 1.54) is 11.0 Å². The lowest BCUT2D eigenvalue weighted by molar-refractivity contribution is 0.0657. The van der Waals surface area contributed by atoms with Crippen molar-refractivity contribution in [3.05, 3.63) is 74.1 Å². The number of aromatic amines is 1. The summed E-state index contributed by atoms with van der Waals surface area (Å²) in [5.74, 6) is -0.946. The molecule has 0 unspecified atom stereocenters. The number of amides is 1. The molecule has 6 nitrogen and oxygen atoms in total. The van der Waals surface area contributed by atoms with Crippen molar-refractivity contribution in [2.24, 2.45) is 0 Å². The van der Waals surface area contributed by atoms with E-state index in [1.807, 2.05) is 30.3 Å². The number of nitrogens with one attached hydrogen (secondary N) is 1. The SMILES string of the molecule is O=C(OCc1ccccc1)N1CC(c2cc3c(F)c(Cl)nc(Cl)c3c(=O)[nH]2)C1. The summed E-state index contributed by atoms with van der Waals surface area (Å²) >= 11 is 11.6. The number of ether oxygens (including phenoxy) is 1. The third kappa shape index (κ3) is 3.43. The summed E-state index contributed by atoms with van der Waals surface area (Å²) < 4.78 is 19.6. The highest BCUT2D eigenvalue weighted by Crippen LogP contribution is 2.31. The minimum Gasteiger partial charge on any atom is -0.445 e. The quantitative estimate of drug-likeness (QED) is 0.645. The zero-order chi connectivity index (χ0) is 19.8. The summed E-state index contributed by atoms with van der Waals surface area (Å²) in [6, 6.07) is 10.8. The predicted octanol–water partition coefficient (Wildman–Crippen LogP) is 4.11. The Bertz CT molecular complexity index is 1110. The molecule has 0 saturated carbocycles. The lowest BCUT2D eigenvalue weighted by Crippen LogP contribution is -2.49. The van der Waals surface area contributed by atoms with Gasteiger partial charge in [0.15, 0.2) is 11.0 Å². The number of pyridine rings is 2. The van der Waals surface area contributed by atoms with Gasteiger partial charge in [0.2, 0.25) is 0 Å². The third-order valence-electron chi connectivity index (χ3n) is 4.66. The fraction of sp³-hybridized carbons (Fsp3) is 0.211. The summed E-state index contributed by atoms with van der Waals surface area (Å²) in [5, 5.41) is -0.595. The highest BCUT2D eigenvalue weighted by atomic mass is 35.5. The monoisotopic (exact) mass is 421 g/mol. The molecule has 0 aliphatic carbocycles. The third-order valence-corrected chi connectivity index (χ3v) is 5.18. The molecule has 1 fully saturated rings. The molecule has 4 rings (SSSR count). The average Bonchev–Trinajstić information content (AvgIpc) is 2.63. The van der Waals surface area contributed by atoms with Gasteiger partial charge in [0.05, 0.1) is 5.39 Å². The molecule has 0 spiro atoms. The van der Waals surface area contributed by atoms with Gasteiger partial charge >= 0.3 is 6.09 Å². The summed E-state index contributed by atoms with van der Waals surface area (Å²) in [7, 11) is 0. The van der Waals surface area contributed by atoms with Crippen LogP contribution in [0.1, 0.15) is 17.2 Å². The molecule has 3 aromatic rings. The van der Waals surface area contributed by atoms with E-state index in [4.69, 9.17) is 27.9 Å². The smallest absolute Gasteiger partial charge is 0.410 e.